The second-order valence-electron chi connectivity index (χ2n) is 7.67. The molecule has 2 heterocycles. The average Bonchev–Trinajstić information content (AvgIpc) is 3.17. The maximum atomic E-state index is 13.2. The van der Waals surface area contributed by atoms with Crippen molar-refractivity contribution in [3.05, 3.63) is 41.0 Å². The molecule has 2 aliphatic rings. The molecule has 1 atom stereocenters. The van der Waals surface area contributed by atoms with Gasteiger partial charge in [-0.15, -0.1) is 0 Å². The first-order valence-corrected chi connectivity index (χ1v) is 10.1. The summed E-state index contributed by atoms with van der Waals surface area (Å²) in [5, 5.41) is 1.51. The molecular formula is C21H26ClN3O. The first-order chi connectivity index (χ1) is 12.6. The summed E-state index contributed by atoms with van der Waals surface area (Å²) in [5.41, 5.74) is 1.48. The Balaban J connectivity index is 1.50. The fourth-order valence-corrected chi connectivity index (χ4v) is 4.69. The monoisotopic (exact) mass is 371 g/mol. The number of hydrogen-bond donors (Lipinski definition) is 0. The summed E-state index contributed by atoms with van der Waals surface area (Å²) in [6.07, 6.45) is 9.49. The molecule has 1 saturated heterocycles. The number of rotatable bonds is 3. The van der Waals surface area contributed by atoms with Gasteiger partial charge in [-0.1, -0.05) is 36.9 Å². The van der Waals surface area contributed by atoms with Crippen LogP contribution in [0, 0.1) is 0 Å². The molecule has 5 heteroatoms. The molecule has 2 aromatic rings. The third-order valence-electron chi connectivity index (χ3n) is 6.09. The van der Waals surface area contributed by atoms with Crippen molar-refractivity contribution in [2.24, 2.45) is 0 Å². The molecule has 4 rings (SSSR count). The van der Waals surface area contributed by atoms with Crippen LogP contribution in [0.2, 0.25) is 5.02 Å². The van der Waals surface area contributed by atoms with E-state index >= 15 is 0 Å². The molecular weight excluding hydrogens is 346 g/mol. The fraction of sp³-hybridized carbons (Fsp3) is 0.524. The molecule has 0 spiro atoms. The van der Waals surface area contributed by atoms with Crippen molar-refractivity contribution in [2.45, 2.75) is 50.6 Å². The number of halogens is 1. The van der Waals surface area contributed by atoms with Crippen molar-refractivity contribution in [2.75, 3.05) is 20.1 Å². The van der Waals surface area contributed by atoms with Gasteiger partial charge in [0, 0.05) is 48.8 Å². The first kappa shape index (κ1) is 17.7. The standard InChI is InChI=1S/C21H26ClN3O/c1-24(17-10-12-25(14-17)16-5-3-2-4-6-16)21(26)19-9-11-23-20-13-15(22)7-8-18(19)20/h7-9,11,13,16-17H,2-6,10,12,14H2,1H3. The Kier molecular flexibility index (Phi) is 5.14. The molecule has 4 nitrogen and oxygen atoms in total. The Labute approximate surface area is 160 Å². The van der Waals surface area contributed by atoms with Gasteiger partial charge in [0.15, 0.2) is 0 Å². The number of benzene rings is 1. The smallest absolute Gasteiger partial charge is 0.254 e. The van der Waals surface area contributed by atoms with Gasteiger partial charge in [0.1, 0.15) is 0 Å². The second-order valence-corrected chi connectivity index (χ2v) is 8.10. The van der Waals surface area contributed by atoms with E-state index in [9.17, 15) is 4.79 Å². The van der Waals surface area contributed by atoms with E-state index in [0.717, 1.165) is 36.5 Å². The second kappa shape index (κ2) is 7.53. The lowest BCUT2D eigenvalue weighted by atomic mass is 9.94. The molecule has 2 fully saturated rings. The van der Waals surface area contributed by atoms with Crippen LogP contribution in [0.25, 0.3) is 10.9 Å². The molecule has 1 aromatic heterocycles. The molecule has 1 amide bonds. The van der Waals surface area contributed by atoms with E-state index in [4.69, 9.17) is 11.6 Å². The highest BCUT2D eigenvalue weighted by molar-refractivity contribution is 6.31. The van der Waals surface area contributed by atoms with E-state index in [2.05, 4.69) is 9.88 Å². The van der Waals surface area contributed by atoms with Gasteiger partial charge in [-0.05, 0) is 37.5 Å². The number of likely N-dealkylation sites (N-methyl/N-ethyl adjacent to an activating group) is 1. The van der Waals surface area contributed by atoms with Gasteiger partial charge in [-0.25, -0.2) is 0 Å². The molecule has 0 radical (unpaired) electrons. The Hall–Kier alpha value is -1.65. The number of carbonyl (C=O) groups is 1. The molecule has 1 unspecified atom stereocenters. The highest BCUT2D eigenvalue weighted by Gasteiger charge is 2.33. The topological polar surface area (TPSA) is 36.4 Å². The molecule has 1 saturated carbocycles. The zero-order chi connectivity index (χ0) is 18.1. The third kappa shape index (κ3) is 3.45. The third-order valence-corrected chi connectivity index (χ3v) is 6.32. The van der Waals surface area contributed by atoms with Crippen LogP contribution in [0.15, 0.2) is 30.5 Å². The molecule has 1 aliphatic heterocycles. The zero-order valence-corrected chi connectivity index (χ0v) is 16.1. The molecule has 138 valence electrons. The van der Waals surface area contributed by atoms with Gasteiger partial charge < -0.3 is 4.90 Å². The summed E-state index contributed by atoms with van der Waals surface area (Å²) in [5.74, 6) is 0.0789. The van der Waals surface area contributed by atoms with Crippen molar-refractivity contribution in [3.63, 3.8) is 0 Å². The van der Waals surface area contributed by atoms with Crippen LogP contribution in [0.1, 0.15) is 48.9 Å². The average molecular weight is 372 g/mol. The molecule has 0 bridgehead atoms. The van der Waals surface area contributed by atoms with Crippen LogP contribution in [-0.4, -0.2) is 52.9 Å². The van der Waals surface area contributed by atoms with E-state index in [0.29, 0.717) is 16.6 Å². The zero-order valence-electron chi connectivity index (χ0n) is 15.3. The SMILES string of the molecule is CN(C(=O)c1ccnc2cc(Cl)ccc12)C1CCN(C2CCCCC2)C1. The Morgan fingerprint density at radius 2 is 2.00 bits per heavy atom. The molecule has 1 aliphatic carbocycles. The van der Waals surface area contributed by atoms with Gasteiger partial charge in [0.25, 0.3) is 5.91 Å². The van der Waals surface area contributed by atoms with Gasteiger partial charge >= 0.3 is 0 Å². The van der Waals surface area contributed by atoms with Gasteiger partial charge in [0.05, 0.1) is 11.1 Å². The lowest BCUT2D eigenvalue weighted by Crippen LogP contribution is -2.41. The van der Waals surface area contributed by atoms with E-state index in [1.807, 2.05) is 36.2 Å². The Morgan fingerprint density at radius 3 is 2.81 bits per heavy atom. The van der Waals surface area contributed by atoms with Crippen molar-refractivity contribution < 1.29 is 4.79 Å². The minimum Gasteiger partial charge on any atom is -0.337 e. The predicted octanol–water partition coefficient (Wildman–Crippen LogP) is 4.37. The van der Waals surface area contributed by atoms with E-state index in [-0.39, 0.29) is 5.91 Å². The Bertz CT molecular complexity index is 803. The highest BCUT2D eigenvalue weighted by atomic mass is 35.5. The number of likely N-dealkylation sites (tertiary alicyclic amines) is 1. The lowest BCUT2D eigenvalue weighted by molar-refractivity contribution is 0.0728. The van der Waals surface area contributed by atoms with Gasteiger partial charge in [-0.3, -0.25) is 14.7 Å². The van der Waals surface area contributed by atoms with Gasteiger partial charge in [0.2, 0.25) is 0 Å². The summed E-state index contributed by atoms with van der Waals surface area (Å²) in [7, 11) is 1.94. The van der Waals surface area contributed by atoms with Crippen LogP contribution < -0.4 is 0 Å². The minimum absolute atomic E-state index is 0.0789. The van der Waals surface area contributed by atoms with E-state index in [1.54, 1.807) is 6.20 Å². The summed E-state index contributed by atoms with van der Waals surface area (Å²) < 4.78 is 0. The molecule has 26 heavy (non-hydrogen) atoms. The summed E-state index contributed by atoms with van der Waals surface area (Å²) in [4.78, 5) is 22.1. The van der Waals surface area contributed by atoms with Crippen LogP contribution in [0.4, 0.5) is 0 Å². The quantitative estimate of drug-likeness (QED) is 0.803. The largest absolute Gasteiger partial charge is 0.337 e. The summed E-state index contributed by atoms with van der Waals surface area (Å²) >= 11 is 6.07. The van der Waals surface area contributed by atoms with Crippen LogP contribution in [-0.2, 0) is 0 Å². The number of amides is 1. The predicted molar refractivity (Wildman–Crippen MR) is 106 cm³/mol. The summed E-state index contributed by atoms with van der Waals surface area (Å²) in [6.45, 7) is 2.11. The van der Waals surface area contributed by atoms with Crippen molar-refractivity contribution in [3.8, 4) is 0 Å². The van der Waals surface area contributed by atoms with Crippen molar-refractivity contribution in [1.82, 2.24) is 14.8 Å². The molecule has 0 N–H and O–H groups in total. The van der Waals surface area contributed by atoms with Gasteiger partial charge in [-0.2, -0.15) is 0 Å². The number of fused-ring (bicyclic) bond motifs is 1. The van der Waals surface area contributed by atoms with Crippen LogP contribution in [0.5, 0.6) is 0 Å². The fourth-order valence-electron chi connectivity index (χ4n) is 4.53. The number of aromatic nitrogens is 1. The van der Waals surface area contributed by atoms with E-state index < -0.39 is 0 Å². The summed E-state index contributed by atoms with van der Waals surface area (Å²) in [6, 6.07) is 8.37. The van der Waals surface area contributed by atoms with Crippen molar-refractivity contribution in [1.29, 1.82) is 0 Å². The van der Waals surface area contributed by atoms with Crippen molar-refractivity contribution >= 4 is 28.4 Å². The minimum atomic E-state index is 0.0789. The number of carbonyl (C=O) groups excluding carboxylic acids is 1. The van der Waals surface area contributed by atoms with Crippen LogP contribution in [0.3, 0.4) is 0 Å². The highest BCUT2D eigenvalue weighted by Crippen LogP contribution is 2.28. The Morgan fingerprint density at radius 1 is 1.19 bits per heavy atom. The van der Waals surface area contributed by atoms with E-state index in [1.165, 1.54) is 32.1 Å². The lowest BCUT2D eigenvalue weighted by Gasteiger charge is -2.32. The maximum absolute atomic E-state index is 13.2. The number of nitrogens with zero attached hydrogens (tertiary/aromatic N) is 3. The molecule has 1 aromatic carbocycles. The number of pyridine rings is 1. The van der Waals surface area contributed by atoms with Crippen LogP contribution >= 0.6 is 11.6 Å². The number of hydrogen-bond acceptors (Lipinski definition) is 3. The first-order valence-electron chi connectivity index (χ1n) is 9.69. The normalized spacial score (nSPS) is 22.0. The maximum Gasteiger partial charge on any atom is 0.254 e.